The molecule has 1 unspecified atom stereocenters. The Labute approximate surface area is 273 Å². The molecule has 0 radical (unpaired) electrons. The Bertz CT molecular complexity index is 1930. The van der Waals surface area contributed by atoms with Crippen molar-refractivity contribution in [2.75, 3.05) is 12.3 Å². The van der Waals surface area contributed by atoms with E-state index >= 15 is 4.39 Å². The Morgan fingerprint density at radius 1 is 0.935 bits per heavy atom. The lowest BCUT2D eigenvalue weighted by atomic mass is 9.83. The molecular weight excluding hydrogens is 627 g/mol. The van der Waals surface area contributed by atoms with Gasteiger partial charge in [-0.05, 0) is 76.1 Å². The minimum absolute atomic E-state index is 0.0283. The Morgan fingerprint density at radius 3 is 2.22 bits per heavy atom. The van der Waals surface area contributed by atoms with Crippen LogP contribution in [0.5, 0.6) is 0 Å². The van der Waals surface area contributed by atoms with E-state index < -0.39 is 27.6 Å². The first-order valence-electron chi connectivity index (χ1n) is 14.7. The van der Waals surface area contributed by atoms with Crippen molar-refractivity contribution < 1.29 is 26.7 Å². The van der Waals surface area contributed by atoms with Gasteiger partial charge in [0.2, 0.25) is 0 Å². The molecule has 4 aromatic carbocycles. The molecule has 0 saturated carbocycles. The quantitative estimate of drug-likeness (QED) is 0.147. The average molecular weight is 661 g/mol. The fraction of sp³-hybridized carbons (Fsp3) is 0.222. The molecule has 0 fully saturated rings. The van der Waals surface area contributed by atoms with Crippen molar-refractivity contribution in [3.05, 3.63) is 136 Å². The van der Waals surface area contributed by atoms with Gasteiger partial charge in [0.15, 0.2) is 5.76 Å². The van der Waals surface area contributed by atoms with Crippen LogP contribution in [-0.2, 0) is 22.0 Å². The number of halogens is 2. The molecule has 1 atom stereocenters. The molecule has 0 aliphatic rings. The molecule has 7 nitrogen and oxygen atoms in total. The summed E-state index contributed by atoms with van der Waals surface area (Å²) in [6, 6.07) is 29.2. The number of nitrogens with one attached hydrogen (secondary N) is 1. The smallest absolute Gasteiger partial charge is 0.266 e. The lowest BCUT2D eigenvalue weighted by Gasteiger charge is -2.21. The second kappa shape index (κ2) is 13.6. The van der Waals surface area contributed by atoms with E-state index in [1.807, 2.05) is 24.3 Å². The number of nitrogens with zero attached hydrogens (tertiary/aromatic N) is 1. The van der Waals surface area contributed by atoms with Gasteiger partial charge < -0.3 is 9.84 Å². The van der Waals surface area contributed by atoms with Crippen LogP contribution in [0.15, 0.2) is 102 Å². The van der Waals surface area contributed by atoms with Crippen LogP contribution in [0.3, 0.4) is 0 Å². The summed E-state index contributed by atoms with van der Waals surface area (Å²) in [5, 5.41) is 7.50. The van der Waals surface area contributed by atoms with E-state index in [1.165, 1.54) is 11.6 Å². The molecule has 0 aliphatic carbocycles. The van der Waals surface area contributed by atoms with Gasteiger partial charge in [-0.1, -0.05) is 92.1 Å². The third kappa shape index (κ3) is 8.28. The minimum atomic E-state index is -4.17. The van der Waals surface area contributed by atoms with E-state index in [0.29, 0.717) is 28.5 Å². The number of rotatable bonds is 10. The van der Waals surface area contributed by atoms with Crippen molar-refractivity contribution in [1.29, 1.82) is 0 Å². The second-order valence-electron chi connectivity index (χ2n) is 12.2. The monoisotopic (exact) mass is 660 g/mol. The van der Waals surface area contributed by atoms with Gasteiger partial charge in [-0.3, -0.25) is 9.35 Å². The summed E-state index contributed by atoms with van der Waals surface area (Å²) in [4.78, 5) is 12.5. The van der Waals surface area contributed by atoms with Crippen LogP contribution >= 0.6 is 11.6 Å². The van der Waals surface area contributed by atoms with Gasteiger partial charge >= 0.3 is 0 Å². The predicted molar refractivity (Wildman–Crippen MR) is 178 cm³/mol. The van der Waals surface area contributed by atoms with Crippen molar-refractivity contribution in [2.45, 2.75) is 38.5 Å². The fourth-order valence-corrected chi connectivity index (χ4v) is 5.63. The summed E-state index contributed by atoms with van der Waals surface area (Å²) in [7, 11) is -4.17. The standard InChI is InChI=1S/C36H34ClFN2O5S/c1-36(2,3)28-13-8-25(9-14-28)30(20-23-4-6-26(7-5-23)35(41)39-18-19-46(42,43)44)33-22-34(45-40-33)31-21-27(12-17-32(31)38)24-10-15-29(37)16-11-24/h4-17,21-22,30H,18-20H2,1-3H3,(H,39,41)(H,42,43,44). The molecule has 10 heteroatoms. The van der Waals surface area contributed by atoms with Gasteiger partial charge in [0.25, 0.3) is 16.0 Å². The highest BCUT2D eigenvalue weighted by atomic mass is 35.5. The van der Waals surface area contributed by atoms with Gasteiger partial charge in [-0.25, -0.2) is 4.39 Å². The van der Waals surface area contributed by atoms with Crippen LogP contribution in [0.2, 0.25) is 5.02 Å². The largest absolute Gasteiger partial charge is 0.356 e. The third-order valence-electron chi connectivity index (χ3n) is 7.78. The van der Waals surface area contributed by atoms with Gasteiger partial charge in [0.05, 0.1) is 17.0 Å². The van der Waals surface area contributed by atoms with Crippen molar-refractivity contribution in [3.8, 4) is 22.5 Å². The number of hydrogen-bond donors (Lipinski definition) is 2. The third-order valence-corrected chi connectivity index (χ3v) is 8.75. The summed E-state index contributed by atoms with van der Waals surface area (Å²) in [6.45, 7) is 6.24. The zero-order valence-corrected chi connectivity index (χ0v) is 27.2. The number of benzene rings is 4. The SMILES string of the molecule is CC(C)(C)c1ccc(C(Cc2ccc(C(=O)NCCS(=O)(=O)O)cc2)c2cc(-c3cc(-c4ccc(Cl)cc4)ccc3F)on2)cc1. The summed E-state index contributed by atoms with van der Waals surface area (Å²) >= 11 is 6.05. The molecule has 46 heavy (non-hydrogen) atoms. The van der Waals surface area contributed by atoms with E-state index in [2.05, 4.69) is 55.5 Å². The van der Waals surface area contributed by atoms with Crippen LogP contribution < -0.4 is 5.32 Å². The molecule has 1 aromatic heterocycles. The normalized spacial score (nSPS) is 12.6. The minimum Gasteiger partial charge on any atom is -0.356 e. The molecule has 5 rings (SSSR count). The molecule has 2 N–H and O–H groups in total. The summed E-state index contributed by atoms with van der Waals surface area (Å²) in [5.41, 5.74) is 6.03. The van der Waals surface area contributed by atoms with Crippen LogP contribution in [0.25, 0.3) is 22.5 Å². The van der Waals surface area contributed by atoms with Crippen LogP contribution in [-0.4, -0.2) is 36.3 Å². The van der Waals surface area contributed by atoms with Gasteiger partial charge in [0.1, 0.15) is 5.82 Å². The Balaban J connectivity index is 1.44. The van der Waals surface area contributed by atoms with Crippen LogP contribution in [0, 0.1) is 5.82 Å². The van der Waals surface area contributed by atoms with Gasteiger partial charge in [0, 0.05) is 29.1 Å². The molecule has 238 valence electrons. The Kier molecular flexibility index (Phi) is 9.76. The molecule has 0 bridgehead atoms. The number of amides is 1. The van der Waals surface area contributed by atoms with Gasteiger partial charge in [-0.15, -0.1) is 0 Å². The lowest BCUT2D eigenvalue weighted by Crippen LogP contribution is -2.28. The number of aromatic nitrogens is 1. The van der Waals surface area contributed by atoms with E-state index in [4.69, 9.17) is 20.7 Å². The number of carbonyl (C=O) groups excluding carboxylic acids is 1. The van der Waals surface area contributed by atoms with Crippen molar-refractivity contribution in [1.82, 2.24) is 10.5 Å². The first kappa shape index (κ1) is 33.1. The topological polar surface area (TPSA) is 110 Å². The maximum Gasteiger partial charge on any atom is 0.266 e. The maximum absolute atomic E-state index is 15.1. The molecule has 0 saturated heterocycles. The van der Waals surface area contributed by atoms with Crippen molar-refractivity contribution in [3.63, 3.8) is 0 Å². The highest BCUT2D eigenvalue weighted by Gasteiger charge is 2.23. The average Bonchev–Trinajstić information content (AvgIpc) is 3.50. The predicted octanol–water partition coefficient (Wildman–Crippen LogP) is 8.09. The fourth-order valence-electron chi connectivity index (χ4n) is 5.15. The first-order chi connectivity index (χ1) is 21.8. The highest BCUT2D eigenvalue weighted by molar-refractivity contribution is 7.85. The van der Waals surface area contributed by atoms with E-state index in [9.17, 15) is 13.2 Å². The van der Waals surface area contributed by atoms with E-state index in [-0.39, 0.29) is 23.4 Å². The molecule has 1 heterocycles. The molecule has 0 spiro atoms. The van der Waals surface area contributed by atoms with Crippen LogP contribution in [0.4, 0.5) is 4.39 Å². The van der Waals surface area contributed by atoms with E-state index in [0.717, 1.165) is 22.3 Å². The summed E-state index contributed by atoms with van der Waals surface area (Å²) in [6.07, 6.45) is 0.513. The second-order valence-corrected chi connectivity index (χ2v) is 14.2. The molecule has 0 aliphatic heterocycles. The zero-order chi connectivity index (χ0) is 33.1. The highest BCUT2D eigenvalue weighted by Crippen LogP contribution is 2.35. The molecule has 5 aromatic rings. The summed E-state index contributed by atoms with van der Waals surface area (Å²) in [5.74, 6) is -1.40. The maximum atomic E-state index is 15.1. The van der Waals surface area contributed by atoms with E-state index in [1.54, 1.807) is 42.5 Å². The molecular formula is C36H34ClFN2O5S. The lowest BCUT2D eigenvalue weighted by molar-refractivity contribution is 0.0956. The van der Waals surface area contributed by atoms with Crippen molar-refractivity contribution in [2.24, 2.45) is 0 Å². The summed E-state index contributed by atoms with van der Waals surface area (Å²) < 4.78 is 51.7. The zero-order valence-electron chi connectivity index (χ0n) is 25.6. The number of hydrogen-bond acceptors (Lipinski definition) is 5. The Morgan fingerprint density at radius 2 is 1.59 bits per heavy atom. The van der Waals surface area contributed by atoms with Gasteiger partial charge in [-0.2, -0.15) is 8.42 Å². The molecule has 1 amide bonds. The number of carbonyl (C=O) groups is 1. The van der Waals surface area contributed by atoms with Crippen molar-refractivity contribution >= 4 is 27.6 Å². The first-order valence-corrected chi connectivity index (χ1v) is 16.7. The van der Waals surface area contributed by atoms with Crippen LogP contribution in [0.1, 0.15) is 59.4 Å². The Hall–Kier alpha value is -4.31.